The van der Waals surface area contributed by atoms with E-state index >= 15 is 0 Å². The zero-order valence-corrected chi connectivity index (χ0v) is 13.3. The normalized spacial score (nSPS) is 15.3. The van der Waals surface area contributed by atoms with Gasteiger partial charge in [-0.15, -0.1) is 0 Å². The summed E-state index contributed by atoms with van der Waals surface area (Å²) in [7, 11) is -1.88. The molecule has 0 nitrogen and oxygen atoms in total. The zero-order chi connectivity index (χ0) is 17.3. The molecule has 1 unspecified atom stereocenters. The molecule has 0 aliphatic heterocycles. The Morgan fingerprint density at radius 2 is 1.29 bits per heavy atom. The molecule has 2 aromatic rings. The first kappa shape index (κ1) is 16.8. The van der Waals surface area contributed by atoms with Gasteiger partial charge in [-0.2, -0.15) is 0 Å². The van der Waals surface area contributed by atoms with Crippen molar-refractivity contribution < 1.29 is 22.0 Å². The van der Waals surface area contributed by atoms with Gasteiger partial charge in [0, 0.05) is 0 Å². The lowest BCUT2D eigenvalue weighted by Gasteiger charge is -2.23. The van der Waals surface area contributed by atoms with Crippen LogP contribution in [-0.4, -0.2) is 0 Å². The van der Waals surface area contributed by atoms with Gasteiger partial charge in [-0.25, -0.2) is 22.0 Å². The Morgan fingerprint density at radius 1 is 0.708 bits per heavy atom. The van der Waals surface area contributed by atoms with Gasteiger partial charge in [0.05, 0.1) is 5.30 Å². The van der Waals surface area contributed by atoms with E-state index in [0.717, 1.165) is 6.42 Å². The lowest BCUT2D eigenvalue weighted by molar-refractivity contribution is 0.384. The van der Waals surface area contributed by atoms with Crippen LogP contribution in [0.25, 0.3) is 0 Å². The number of allylic oxidation sites excluding steroid dienone is 4. The fraction of sp³-hybridized carbons (Fsp3) is 0.111. The van der Waals surface area contributed by atoms with Gasteiger partial charge in [-0.3, -0.25) is 0 Å². The molecule has 0 radical (unpaired) electrons. The smallest absolute Gasteiger partial charge is 0.200 e. The molecule has 0 spiro atoms. The maximum atomic E-state index is 14.3. The van der Waals surface area contributed by atoms with E-state index in [-0.39, 0.29) is 0 Å². The molecule has 6 heteroatoms. The first-order valence-corrected chi connectivity index (χ1v) is 8.60. The van der Waals surface area contributed by atoms with Crippen molar-refractivity contribution in [1.82, 2.24) is 0 Å². The van der Waals surface area contributed by atoms with E-state index in [1.165, 1.54) is 0 Å². The molecule has 0 amide bonds. The molecule has 3 rings (SSSR count). The third-order valence-corrected chi connectivity index (χ3v) is 6.16. The van der Waals surface area contributed by atoms with Crippen LogP contribution in [0.2, 0.25) is 0 Å². The van der Waals surface area contributed by atoms with E-state index in [2.05, 4.69) is 0 Å². The van der Waals surface area contributed by atoms with Gasteiger partial charge in [0.1, 0.15) is 0 Å². The molecule has 1 aliphatic carbocycles. The SMILES string of the molecule is Fc1c(F)c(F)c(P(C2=CCCC=C2)c2ccccc2)c(F)c1F. The highest BCUT2D eigenvalue weighted by molar-refractivity contribution is 7.77. The Morgan fingerprint density at radius 3 is 1.83 bits per heavy atom. The summed E-state index contributed by atoms with van der Waals surface area (Å²) in [4.78, 5) is 0. The first-order chi connectivity index (χ1) is 11.5. The van der Waals surface area contributed by atoms with Gasteiger partial charge >= 0.3 is 0 Å². The topological polar surface area (TPSA) is 0 Å². The Kier molecular flexibility index (Phi) is 4.81. The lowest BCUT2D eigenvalue weighted by atomic mass is 10.2. The average Bonchev–Trinajstić information content (AvgIpc) is 2.63. The summed E-state index contributed by atoms with van der Waals surface area (Å²) in [5.41, 5.74) is 0. The van der Waals surface area contributed by atoms with E-state index in [1.54, 1.807) is 42.5 Å². The van der Waals surface area contributed by atoms with E-state index in [9.17, 15) is 22.0 Å². The molecule has 1 atom stereocenters. The molecule has 124 valence electrons. The molecule has 0 N–H and O–H groups in total. The quantitative estimate of drug-likeness (QED) is 0.313. The minimum atomic E-state index is -2.13. The minimum absolute atomic E-state index is 0.522. The molecule has 0 fully saturated rings. The van der Waals surface area contributed by atoms with E-state index in [0.29, 0.717) is 17.0 Å². The minimum Gasteiger partial charge on any atom is -0.203 e. The Labute approximate surface area is 137 Å². The van der Waals surface area contributed by atoms with Crippen molar-refractivity contribution in [3.63, 3.8) is 0 Å². The summed E-state index contributed by atoms with van der Waals surface area (Å²) < 4.78 is 69.3. The summed E-state index contributed by atoms with van der Waals surface area (Å²) in [6.07, 6.45) is 6.75. The monoisotopic (exact) mass is 354 g/mol. The first-order valence-electron chi connectivity index (χ1n) is 7.25. The van der Waals surface area contributed by atoms with Crippen LogP contribution >= 0.6 is 7.92 Å². The van der Waals surface area contributed by atoms with Crippen molar-refractivity contribution in [3.8, 4) is 0 Å². The van der Waals surface area contributed by atoms with Crippen LogP contribution in [0.5, 0.6) is 0 Å². The van der Waals surface area contributed by atoms with Crippen LogP contribution in [0, 0.1) is 29.1 Å². The van der Waals surface area contributed by atoms with Crippen LogP contribution in [0.3, 0.4) is 0 Å². The van der Waals surface area contributed by atoms with Gasteiger partial charge in [0.15, 0.2) is 23.3 Å². The fourth-order valence-electron chi connectivity index (χ4n) is 2.54. The van der Waals surface area contributed by atoms with Gasteiger partial charge in [0.25, 0.3) is 0 Å². The Hall–Kier alpha value is -2.00. The summed E-state index contributed by atoms with van der Waals surface area (Å²) in [5, 5.41) is 0.338. The molecule has 0 aromatic heterocycles. The van der Waals surface area contributed by atoms with Gasteiger partial charge in [0.2, 0.25) is 5.82 Å². The van der Waals surface area contributed by atoms with Crippen LogP contribution < -0.4 is 10.6 Å². The lowest BCUT2D eigenvalue weighted by Crippen LogP contribution is -2.24. The second-order valence-corrected chi connectivity index (χ2v) is 7.35. The van der Waals surface area contributed by atoms with Crippen LogP contribution in [0.4, 0.5) is 22.0 Å². The summed E-state index contributed by atoms with van der Waals surface area (Å²) in [5.74, 6) is -9.48. The molecule has 1 aliphatic rings. The van der Waals surface area contributed by atoms with Gasteiger partial charge < -0.3 is 0 Å². The number of benzene rings is 2. The van der Waals surface area contributed by atoms with Crippen LogP contribution in [-0.2, 0) is 0 Å². The van der Waals surface area contributed by atoms with Crippen molar-refractivity contribution >= 4 is 18.5 Å². The molecule has 2 aromatic carbocycles. The van der Waals surface area contributed by atoms with Crippen molar-refractivity contribution in [2.24, 2.45) is 0 Å². The second kappa shape index (κ2) is 6.86. The summed E-state index contributed by atoms with van der Waals surface area (Å²) in [6, 6.07) is 8.33. The molecule has 0 saturated heterocycles. The molecule has 0 bridgehead atoms. The second-order valence-electron chi connectivity index (χ2n) is 5.20. The predicted octanol–water partition coefficient (Wildman–Crippen LogP) is 5.05. The summed E-state index contributed by atoms with van der Waals surface area (Å²) in [6.45, 7) is 0. The third-order valence-electron chi connectivity index (χ3n) is 3.66. The molecule has 0 saturated carbocycles. The van der Waals surface area contributed by atoms with Gasteiger partial charge in [-0.05, 0) is 31.4 Å². The van der Waals surface area contributed by atoms with Crippen LogP contribution in [0.15, 0.2) is 53.9 Å². The third kappa shape index (κ3) is 2.89. The standard InChI is InChI=1S/C18H12F5P/c19-13-14(20)16(22)18(17(23)15(13)21)24(11-7-3-1-4-8-11)12-9-5-2-6-10-12/h1,3-5,7-10H,2,6H2. The van der Waals surface area contributed by atoms with Crippen LogP contribution in [0.1, 0.15) is 12.8 Å². The van der Waals surface area contributed by atoms with E-state index in [4.69, 9.17) is 0 Å². The Balaban J connectivity index is 2.28. The molecular formula is C18H12F5P. The number of hydrogen-bond donors (Lipinski definition) is 0. The highest BCUT2D eigenvalue weighted by Gasteiger charge is 2.32. The molecule has 24 heavy (non-hydrogen) atoms. The maximum absolute atomic E-state index is 14.3. The zero-order valence-electron chi connectivity index (χ0n) is 12.4. The van der Waals surface area contributed by atoms with E-state index in [1.807, 2.05) is 6.08 Å². The maximum Gasteiger partial charge on any atom is 0.200 e. The fourth-order valence-corrected chi connectivity index (χ4v) is 4.98. The number of hydrogen-bond acceptors (Lipinski definition) is 0. The van der Waals surface area contributed by atoms with Crippen molar-refractivity contribution in [2.45, 2.75) is 12.8 Å². The highest BCUT2D eigenvalue weighted by atomic mass is 31.1. The molecule has 0 heterocycles. The summed E-state index contributed by atoms with van der Waals surface area (Å²) >= 11 is 0. The largest absolute Gasteiger partial charge is 0.203 e. The predicted molar refractivity (Wildman–Crippen MR) is 85.3 cm³/mol. The van der Waals surface area contributed by atoms with Crippen molar-refractivity contribution in [1.29, 1.82) is 0 Å². The Bertz CT molecular complexity index is 798. The van der Waals surface area contributed by atoms with Crippen molar-refractivity contribution in [2.75, 3.05) is 0 Å². The average molecular weight is 354 g/mol. The number of halogens is 5. The molecular weight excluding hydrogens is 342 g/mol. The number of rotatable bonds is 3. The highest BCUT2D eigenvalue weighted by Crippen LogP contribution is 2.47. The van der Waals surface area contributed by atoms with E-state index < -0.39 is 42.3 Å². The van der Waals surface area contributed by atoms with Crippen molar-refractivity contribution in [3.05, 3.63) is 83.0 Å². The van der Waals surface area contributed by atoms with Gasteiger partial charge in [-0.1, -0.05) is 48.6 Å².